The van der Waals surface area contributed by atoms with E-state index in [0.29, 0.717) is 29.7 Å². The third-order valence-corrected chi connectivity index (χ3v) is 9.99. The molecule has 4 atom stereocenters. The van der Waals surface area contributed by atoms with E-state index in [1.54, 1.807) is 23.0 Å². The molecule has 0 aliphatic carbocycles. The second-order valence-corrected chi connectivity index (χ2v) is 13.6. The molecule has 9 nitrogen and oxygen atoms in total. The predicted molar refractivity (Wildman–Crippen MR) is 206 cm³/mol. The fourth-order valence-electron chi connectivity index (χ4n) is 6.27. The number of anilines is 1. The number of aromatic nitrogens is 2. The summed E-state index contributed by atoms with van der Waals surface area (Å²) in [5.41, 5.74) is 6.32. The maximum Gasteiger partial charge on any atom is 0.319 e. The van der Waals surface area contributed by atoms with Gasteiger partial charge in [-0.2, -0.15) is 0 Å². The van der Waals surface area contributed by atoms with Crippen molar-refractivity contribution in [1.82, 2.24) is 14.9 Å². The highest BCUT2D eigenvalue weighted by Gasteiger charge is 2.39. The molecule has 0 spiro atoms. The number of amides is 2. The number of nitrogens with one attached hydrogen (secondary N) is 2. The molecule has 5 aromatic carbocycles. The SMILES string of the molecule is C[C@@H]1[C@H](Cn2cnc(Cl)c2Cl)O[C@H](c2ccc(-c3cccc(CNC(=O)Nc4ccc(Oc5ccccc5)cc4)c3)cc2)O[C@@H]1c1ccc(CO)cc1. The highest BCUT2D eigenvalue weighted by atomic mass is 35.5. The molecule has 0 radical (unpaired) electrons. The van der Waals surface area contributed by atoms with Crippen LogP contribution in [0.3, 0.4) is 0 Å². The van der Waals surface area contributed by atoms with Gasteiger partial charge in [0.25, 0.3) is 0 Å². The maximum atomic E-state index is 12.7. The number of carbonyl (C=O) groups excluding carboxylic acids is 1. The molecule has 11 heteroatoms. The van der Waals surface area contributed by atoms with Gasteiger partial charge in [0, 0.05) is 23.7 Å². The van der Waals surface area contributed by atoms with E-state index in [0.717, 1.165) is 39.1 Å². The topological polar surface area (TPSA) is 107 Å². The van der Waals surface area contributed by atoms with Gasteiger partial charge >= 0.3 is 6.03 Å². The number of halogens is 2. The molecule has 53 heavy (non-hydrogen) atoms. The highest BCUT2D eigenvalue weighted by molar-refractivity contribution is 6.40. The molecule has 1 aromatic heterocycles. The lowest BCUT2D eigenvalue weighted by Gasteiger charge is -2.41. The van der Waals surface area contributed by atoms with Gasteiger partial charge in [0.15, 0.2) is 11.4 Å². The molecule has 1 saturated heterocycles. The van der Waals surface area contributed by atoms with E-state index in [1.807, 2.05) is 109 Å². The summed E-state index contributed by atoms with van der Waals surface area (Å²) in [7, 11) is 0. The zero-order valence-electron chi connectivity index (χ0n) is 28.9. The van der Waals surface area contributed by atoms with Crippen LogP contribution >= 0.6 is 23.2 Å². The summed E-state index contributed by atoms with van der Waals surface area (Å²) in [6, 6.07) is 40.4. The molecule has 1 fully saturated rings. The number of hydrogen-bond acceptors (Lipinski definition) is 6. The summed E-state index contributed by atoms with van der Waals surface area (Å²) in [5, 5.41) is 16.0. The van der Waals surface area contributed by atoms with Crippen molar-refractivity contribution in [3.63, 3.8) is 0 Å². The molecule has 2 heterocycles. The first kappa shape index (κ1) is 36.2. The van der Waals surface area contributed by atoms with Crippen LogP contribution in [-0.4, -0.2) is 26.8 Å². The van der Waals surface area contributed by atoms with Gasteiger partial charge in [0.2, 0.25) is 0 Å². The summed E-state index contributed by atoms with van der Waals surface area (Å²) in [4.78, 5) is 16.8. The van der Waals surface area contributed by atoms with E-state index < -0.39 is 6.29 Å². The lowest BCUT2D eigenvalue weighted by Crippen LogP contribution is -2.39. The number of benzene rings is 5. The third-order valence-electron chi connectivity index (χ3n) is 9.22. The van der Waals surface area contributed by atoms with Crippen molar-refractivity contribution in [3.05, 3.63) is 166 Å². The van der Waals surface area contributed by atoms with Crippen molar-refractivity contribution in [2.75, 3.05) is 5.32 Å². The normalized spacial score (nSPS) is 18.3. The molecule has 0 saturated carbocycles. The monoisotopic (exact) mass is 748 g/mol. The van der Waals surface area contributed by atoms with Gasteiger partial charge in [-0.25, -0.2) is 9.78 Å². The Morgan fingerprint density at radius 2 is 1.53 bits per heavy atom. The molecule has 0 unspecified atom stereocenters. The molecule has 2 amide bonds. The van der Waals surface area contributed by atoms with Crippen LogP contribution in [0.1, 0.15) is 41.6 Å². The van der Waals surface area contributed by atoms with Crippen molar-refractivity contribution >= 4 is 34.9 Å². The van der Waals surface area contributed by atoms with Crippen molar-refractivity contribution < 1.29 is 24.1 Å². The number of aliphatic hydroxyl groups is 1. The minimum absolute atomic E-state index is 0.0294. The van der Waals surface area contributed by atoms with Gasteiger partial charge < -0.3 is 34.5 Å². The lowest BCUT2D eigenvalue weighted by molar-refractivity contribution is -0.276. The molecular formula is C42H38Cl2N4O5. The summed E-state index contributed by atoms with van der Waals surface area (Å²) < 4.78 is 20.8. The first-order valence-electron chi connectivity index (χ1n) is 17.3. The average Bonchev–Trinajstić information content (AvgIpc) is 3.51. The first-order valence-corrected chi connectivity index (χ1v) is 18.0. The van der Waals surface area contributed by atoms with Gasteiger partial charge in [0.05, 0.1) is 31.7 Å². The summed E-state index contributed by atoms with van der Waals surface area (Å²) in [6.45, 7) is 2.85. The minimum atomic E-state index is -0.646. The fraction of sp³-hybridized carbons (Fsp3) is 0.190. The highest BCUT2D eigenvalue weighted by Crippen LogP contribution is 2.43. The Kier molecular flexibility index (Phi) is 11.4. The Labute approximate surface area is 318 Å². The van der Waals surface area contributed by atoms with Crippen LogP contribution < -0.4 is 15.4 Å². The van der Waals surface area contributed by atoms with E-state index in [2.05, 4.69) is 28.6 Å². The molecule has 6 aromatic rings. The van der Waals surface area contributed by atoms with Crippen molar-refractivity contribution in [2.45, 2.75) is 45.1 Å². The number of rotatable bonds is 11. The Balaban J connectivity index is 0.999. The molecule has 7 rings (SSSR count). The van der Waals surface area contributed by atoms with Crippen LogP contribution in [0.2, 0.25) is 10.3 Å². The second-order valence-electron chi connectivity index (χ2n) is 12.9. The summed E-state index contributed by atoms with van der Waals surface area (Å²) in [5.74, 6) is 1.39. The predicted octanol–water partition coefficient (Wildman–Crippen LogP) is 9.95. The molecule has 0 bridgehead atoms. The maximum absolute atomic E-state index is 12.7. The molecule has 1 aliphatic rings. The molecular weight excluding hydrogens is 711 g/mol. The van der Waals surface area contributed by atoms with Gasteiger partial charge in [0.1, 0.15) is 16.7 Å². The largest absolute Gasteiger partial charge is 0.457 e. The second kappa shape index (κ2) is 16.7. The zero-order valence-corrected chi connectivity index (χ0v) is 30.4. The summed E-state index contributed by atoms with van der Waals surface area (Å²) >= 11 is 12.6. The van der Waals surface area contributed by atoms with Gasteiger partial charge in [-0.1, -0.05) is 115 Å². The zero-order chi connectivity index (χ0) is 36.7. The first-order chi connectivity index (χ1) is 25.8. The number of ether oxygens (including phenoxy) is 3. The number of nitrogens with zero attached hydrogens (tertiary/aromatic N) is 2. The fourth-order valence-corrected chi connectivity index (χ4v) is 6.59. The van der Waals surface area contributed by atoms with Crippen molar-refractivity contribution in [3.8, 4) is 22.6 Å². The van der Waals surface area contributed by atoms with Gasteiger partial charge in [-0.05, 0) is 70.3 Å². The van der Waals surface area contributed by atoms with Crippen LogP contribution in [0.4, 0.5) is 10.5 Å². The Bertz CT molecular complexity index is 2130. The van der Waals surface area contributed by atoms with E-state index >= 15 is 0 Å². The minimum Gasteiger partial charge on any atom is -0.457 e. The summed E-state index contributed by atoms with van der Waals surface area (Å²) in [6.07, 6.45) is 0.418. The van der Waals surface area contributed by atoms with Gasteiger partial charge in [-0.15, -0.1) is 0 Å². The number of aliphatic hydroxyl groups excluding tert-OH is 1. The Hall–Kier alpha value is -5.16. The van der Waals surface area contributed by atoms with Crippen LogP contribution in [0.25, 0.3) is 11.1 Å². The van der Waals surface area contributed by atoms with E-state index in [-0.39, 0.29) is 35.9 Å². The lowest BCUT2D eigenvalue weighted by atomic mass is 9.90. The van der Waals surface area contributed by atoms with E-state index in [9.17, 15) is 9.90 Å². The number of imidazole rings is 1. The van der Waals surface area contributed by atoms with Crippen LogP contribution in [0.15, 0.2) is 134 Å². The Morgan fingerprint density at radius 3 is 2.23 bits per heavy atom. The molecule has 1 aliphatic heterocycles. The van der Waals surface area contributed by atoms with Crippen molar-refractivity contribution in [2.24, 2.45) is 5.92 Å². The van der Waals surface area contributed by atoms with Crippen LogP contribution in [0, 0.1) is 5.92 Å². The third kappa shape index (κ3) is 8.90. The number of hydrogen-bond donors (Lipinski definition) is 3. The number of urea groups is 1. The quantitative estimate of drug-likeness (QED) is 0.122. The van der Waals surface area contributed by atoms with Crippen molar-refractivity contribution in [1.29, 1.82) is 0 Å². The Morgan fingerprint density at radius 1 is 0.811 bits per heavy atom. The smallest absolute Gasteiger partial charge is 0.319 e. The van der Waals surface area contributed by atoms with E-state index in [4.69, 9.17) is 37.4 Å². The van der Waals surface area contributed by atoms with Crippen LogP contribution in [-0.2, 0) is 29.2 Å². The molecule has 270 valence electrons. The molecule has 3 N–H and O–H groups in total. The number of carbonyl (C=O) groups is 1. The van der Waals surface area contributed by atoms with Gasteiger partial charge in [-0.3, -0.25) is 0 Å². The van der Waals surface area contributed by atoms with Crippen LogP contribution in [0.5, 0.6) is 11.5 Å². The average molecular weight is 750 g/mol. The standard InChI is InChI=1S/C42H38Cl2N4O5/c1-27-37(24-48-26-46-39(43)40(48)44)52-41(53-38(27)31-12-10-28(25-49)11-13-31)32-16-14-30(15-17-32)33-7-5-6-29(22-33)23-45-42(50)47-34-18-20-36(21-19-34)51-35-8-3-2-4-9-35/h2-22,26-27,37-38,41,49H,23-25H2,1H3,(H2,45,47,50)/t27-,37+,38+,41+/m1/s1. The van der Waals surface area contributed by atoms with E-state index in [1.165, 1.54) is 0 Å². The number of para-hydroxylation sites is 1.